The predicted octanol–water partition coefficient (Wildman–Crippen LogP) is 4.24. The molecule has 0 bridgehead atoms. The van der Waals surface area contributed by atoms with Crippen molar-refractivity contribution in [3.63, 3.8) is 0 Å². The minimum Gasteiger partial charge on any atom is -0.357 e. The third kappa shape index (κ3) is 2.03. The smallest absolute Gasteiger partial charge is 0.0662 e. The Morgan fingerprint density at radius 2 is 2.17 bits per heavy atom. The second kappa shape index (κ2) is 4.76. The quantitative estimate of drug-likeness (QED) is 0.873. The van der Waals surface area contributed by atoms with Gasteiger partial charge in [-0.25, -0.2) is 0 Å². The maximum atomic E-state index is 6.25. The van der Waals surface area contributed by atoms with Gasteiger partial charge in [-0.3, -0.25) is 4.90 Å². The zero-order chi connectivity index (χ0) is 12.7. The van der Waals surface area contributed by atoms with Gasteiger partial charge in [0.15, 0.2) is 0 Å². The lowest BCUT2D eigenvalue weighted by Crippen LogP contribution is -2.30. The second-order valence-electron chi connectivity index (χ2n) is 4.92. The fraction of sp³-hybridized carbons (Fsp3) is 0.429. The molecule has 0 saturated carbocycles. The van der Waals surface area contributed by atoms with E-state index >= 15 is 0 Å². The molecule has 0 atom stereocenters. The number of H-pyrrole nitrogens is 1. The summed E-state index contributed by atoms with van der Waals surface area (Å²) in [5.74, 6) is 0. The molecule has 0 amide bonds. The van der Waals surface area contributed by atoms with Gasteiger partial charge in [0.25, 0.3) is 0 Å². The molecule has 0 spiro atoms. The van der Waals surface area contributed by atoms with Crippen molar-refractivity contribution < 1.29 is 0 Å². The van der Waals surface area contributed by atoms with Gasteiger partial charge in [0.1, 0.15) is 0 Å². The van der Waals surface area contributed by atoms with Gasteiger partial charge < -0.3 is 4.98 Å². The number of aromatic amines is 1. The van der Waals surface area contributed by atoms with Crippen LogP contribution in [0.1, 0.15) is 24.6 Å². The first-order chi connectivity index (χ1) is 8.69. The minimum absolute atomic E-state index is 0.710. The Hall–Kier alpha value is -0.700. The number of rotatable bonds is 2. The van der Waals surface area contributed by atoms with E-state index in [-0.39, 0.29) is 0 Å². The molecular formula is C14H16Cl2N2. The fourth-order valence-corrected chi connectivity index (χ4v) is 3.34. The van der Waals surface area contributed by atoms with E-state index in [0.29, 0.717) is 10.0 Å². The summed E-state index contributed by atoms with van der Waals surface area (Å²) in [5, 5.41) is 2.61. The number of nitrogens with zero attached hydrogens (tertiary/aromatic N) is 1. The van der Waals surface area contributed by atoms with Crippen molar-refractivity contribution in [2.75, 3.05) is 13.1 Å². The van der Waals surface area contributed by atoms with Crippen LogP contribution in [0.4, 0.5) is 0 Å². The van der Waals surface area contributed by atoms with Gasteiger partial charge in [-0.05, 0) is 30.7 Å². The van der Waals surface area contributed by atoms with Crippen LogP contribution in [0.5, 0.6) is 0 Å². The molecule has 0 unspecified atom stereocenters. The summed E-state index contributed by atoms with van der Waals surface area (Å²) in [6.07, 6.45) is 2.26. The van der Waals surface area contributed by atoms with Crippen LogP contribution in [0.25, 0.3) is 10.9 Å². The molecule has 2 aromatic rings. The predicted molar refractivity (Wildman–Crippen MR) is 77.6 cm³/mol. The summed E-state index contributed by atoms with van der Waals surface area (Å²) in [6, 6.07) is 3.82. The van der Waals surface area contributed by atoms with E-state index in [1.165, 1.54) is 23.1 Å². The van der Waals surface area contributed by atoms with E-state index in [2.05, 4.69) is 16.8 Å². The van der Waals surface area contributed by atoms with Crippen molar-refractivity contribution in [2.24, 2.45) is 0 Å². The standard InChI is InChI=1S/C14H16Cl2N2/c1-2-4-18-5-3-13-11(8-18)10-6-9(15)7-12(16)14(10)17-13/h6-7,17H,2-5,8H2,1H3. The van der Waals surface area contributed by atoms with Gasteiger partial charge in [-0.1, -0.05) is 30.1 Å². The van der Waals surface area contributed by atoms with Crippen LogP contribution in [0, 0.1) is 0 Å². The van der Waals surface area contributed by atoms with Gasteiger partial charge in [0, 0.05) is 35.6 Å². The van der Waals surface area contributed by atoms with Gasteiger partial charge in [0.2, 0.25) is 0 Å². The molecule has 96 valence electrons. The average molecular weight is 283 g/mol. The van der Waals surface area contributed by atoms with E-state index in [1.807, 2.05) is 6.07 Å². The van der Waals surface area contributed by atoms with Crippen LogP contribution in [0.2, 0.25) is 10.0 Å². The maximum Gasteiger partial charge on any atom is 0.0662 e. The van der Waals surface area contributed by atoms with Crippen LogP contribution >= 0.6 is 23.2 Å². The summed E-state index contributed by atoms with van der Waals surface area (Å²) in [7, 11) is 0. The first kappa shape index (κ1) is 12.3. The Morgan fingerprint density at radius 3 is 2.94 bits per heavy atom. The van der Waals surface area contributed by atoms with Crippen LogP contribution < -0.4 is 0 Å². The lowest BCUT2D eigenvalue weighted by molar-refractivity contribution is 0.255. The summed E-state index contributed by atoms with van der Waals surface area (Å²) >= 11 is 12.4. The number of benzene rings is 1. The zero-order valence-corrected chi connectivity index (χ0v) is 11.9. The third-order valence-corrected chi connectivity index (χ3v) is 4.14. The molecule has 18 heavy (non-hydrogen) atoms. The van der Waals surface area contributed by atoms with E-state index in [4.69, 9.17) is 23.2 Å². The van der Waals surface area contributed by atoms with Crippen molar-refractivity contribution >= 4 is 34.1 Å². The van der Waals surface area contributed by atoms with E-state index in [0.717, 1.165) is 31.6 Å². The van der Waals surface area contributed by atoms with Gasteiger partial charge in [-0.2, -0.15) is 0 Å². The Balaban J connectivity index is 2.09. The highest BCUT2D eigenvalue weighted by Gasteiger charge is 2.21. The van der Waals surface area contributed by atoms with Gasteiger partial charge >= 0.3 is 0 Å². The van der Waals surface area contributed by atoms with Crippen molar-refractivity contribution in [1.29, 1.82) is 0 Å². The number of aromatic nitrogens is 1. The van der Waals surface area contributed by atoms with Crippen LogP contribution in [-0.2, 0) is 13.0 Å². The number of hydrogen-bond acceptors (Lipinski definition) is 1. The highest BCUT2D eigenvalue weighted by atomic mass is 35.5. The van der Waals surface area contributed by atoms with Crippen molar-refractivity contribution in [3.05, 3.63) is 33.4 Å². The first-order valence-corrected chi connectivity index (χ1v) is 7.15. The molecule has 1 aromatic carbocycles. The number of fused-ring (bicyclic) bond motifs is 3. The third-order valence-electron chi connectivity index (χ3n) is 3.62. The first-order valence-electron chi connectivity index (χ1n) is 6.40. The number of hydrogen-bond donors (Lipinski definition) is 1. The van der Waals surface area contributed by atoms with Crippen LogP contribution in [-0.4, -0.2) is 23.0 Å². The molecule has 1 aliphatic heterocycles. The summed E-state index contributed by atoms with van der Waals surface area (Å²) in [6.45, 7) is 5.50. The van der Waals surface area contributed by atoms with Crippen molar-refractivity contribution in [3.8, 4) is 0 Å². The van der Waals surface area contributed by atoms with Gasteiger partial charge in [0.05, 0.1) is 10.5 Å². The molecule has 0 aliphatic carbocycles. The van der Waals surface area contributed by atoms with Crippen molar-refractivity contribution in [2.45, 2.75) is 26.3 Å². The van der Waals surface area contributed by atoms with E-state index < -0.39 is 0 Å². The molecule has 1 aromatic heterocycles. The minimum atomic E-state index is 0.710. The number of nitrogens with one attached hydrogen (secondary N) is 1. The Morgan fingerprint density at radius 1 is 1.33 bits per heavy atom. The maximum absolute atomic E-state index is 6.25. The summed E-state index contributed by atoms with van der Waals surface area (Å²) in [4.78, 5) is 5.95. The Labute approximate surface area is 117 Å². The molecule has 4 heteroatoms. The zero-order valence-electron chi connectivity index (χ0n) is 10.4. The lowest BCUT2D eigenvalue weighted by atomic mass is 10.0. The molecule has 0 fully saturated rings. The van der Waals surface area contributed by atoms with Crippen LogP contribution in [0.3, 0.4) is 0 Å². The highest BCUT2D eigenvalue weighted by molar-refractivity contribution is 6.38. The monoisotopic (exact) mass is 282 g/mol. The SMILES string of the molecule is CCCN1CCc2[nH]c3c(Cl)cc(Cl)cc3c2C1. The molecule has 0 radical (unpaired) electrons. The average Bonchev–Trinajstić information content (AvgIpc) is 2.68. The Bertz CT molecular complexity index is 589. The van der Waals surface area contributed by atoms with E-state index in [9.17, 15) is 0 Å². The topological polar surface area (TPSA) is 19.0 Å². The molecule has 0 saturated heterocycles. The molecule has 2 heterocycles. The summed E-state index contributed by atoms with van der Waals surface area (Å²) < 4.78 is 0. The van der Waals surface area contributed by atoms with Gasteiger partial charge in [-0.15, -0.1) is 0 Å². The molecule has 1 N–H and O–H groups in total. The highest BCUT2D eigenvalue weighted by Crippen LogP contribution is 2.34. The second-order valence-corrected chi connectivity index (χ2v) is 5.76. The normalized spacial score (nSPS) is 16.2. The number of halogens is 2. The fourth-order valence-electron chi connectivity index (χ4n) is 2.80. The summed E-state index contributed by atoms with van der Waals surface area (Å²) in [5.41, 5.74) is 3.72. The molecule has 3 rings (SSSR count). The van der Waals surface area contributed by atoms with Crippen molar-refractivity contribution in [1.82, 2.24) is 9.88 Å². The van der Waals surface area contributed by atoms with Crippen LogP contribution in [0.15, 0.2) is 12.1 Å². The Kier molecular flexibility index (Phi) is 3.27. The molecule has 2 nitrogen and oxygen atoms in total. The van der Waals surface area contributed by atoms with E-state index in [1.54, 1.807) is 6.07 Å². The lowest BCUT2D eigenvalue weighted by Gasteiger charge is -2.26. The molecule has 1 aliphatic rings. The molecular weight excluding hydrogens is 267 g/mol. The largest absolute Gasteiger partial charge is 0.357 e.